The third-order valence-electron chi connectivity index (χ3n) is 2.53. The molecule has 88 valence electrons. The lowest BCUT2D eigenvalue weighted by molar-refractivity contribution is 0.106. The van der Waals surface area contributed by atoms with Gasteiger partial charge in [0.05, 0.1) is 6.61 Å². The van der Waals surface area contributed by atoms with E-state index in [0.29, 0.717) is 19.0 Å². The van der Waals surface area contributed by atoms with Crippen molar-refractivity contribution in [2.75, 3.05) is 18.9 Å². The monoisotopic (exact) mass is 241 g/mol. The number of ether oxygens (including phenoxy) is 1. The maximum Gasteiger partial charge on any atom is 0.121 e. The van der Waals surface area contributed by atoms with Gasteiger partial charge in [-0.15, -0.1) is 12.4 Å². The van der Waals surface area contributed by atoms with Crippen LogP contribution in [0.1, 0.15) is 12.5 Å². The van der Waals surface area contributed by atoms with E-state index in [1.807, 2.05) is 31.2 Å². The van der Waals surface area contributed by atoms with Gasteiger partial charge in [0, 0.05) is 5.69 Å². The highest BCUT2D eigenvalue weighted by atomic mass is 35.5. The first-order chi connectivity index (χ1) is 7.10. The Bertz CT molecular complexity index is 408. The molecule has 0 radical (unpaired) electrons. The lowest BCUT2D eigenvalue weighted by Crippen LogP contribution is -2.37. The zero-order valence-electron chi connectivity index (χ0n) is 9.14. The highest BCUT2D eigenvalue weighted by molar-refractivity contribution is 5.85. The number of benzene rings is 1. The van der Waals surface area contributed by atoms with Crippen LogP contribution in [0.25, 0.3) is 0 Å². The lowest BCUT2D eigenvalue weighted by Gasteiger charge is -2.30. The number of amidine groups is 1. The Morgan fingerprint density at radius 1 is 1.38 bits per heavy atom. The van der Waals surface area contributed by atoms with Crippen LogP contribution in [0, 0.1) is 0 Å². The summed E-state index contributed by atoms with van der Waals surface area (Å²) in [6.07, 6.45) is 0. The molecule has 0 aliphatic carbocycles. The van der Waals surface area contributed by atoms with Gasteiger partial charge in [0.25, 0.3) is 0 Å². The molecule has 0 aromatic heterocycles. The second-order valence-electron chi connectivity index (χ2n) is 4.00. The van der Waals surface area contributed by atoms with Gasteiger partial charge in [-0.2, -0.15) is 0 Å². The van der Waals surface area contributed by atoms with Gasteiger partial charge in [0.2, 0.25) is 0 Å². The number of hydrogen-bond donors (Lipinski definition) is 2. The topological polar surface area (TPSA) is 73.6 Å². The fourth-order valence-electron chi connectivity index (χ4n) is 1.76. The summed E-state index contributed by atoms with van der Waals surface area (Å²) in [5.74, 6) is 0.533. The summed E-state index contributed by atoms with van der Waals surface area (Å²) in [6, 6.07) is 7.66. The molecule has 1 heterocycles. The van der Waals surface area contributed by atoms with E-state index in [1.165, 1.54) is 0 Å². The normalized spacial score (nSPS) is 24.4. The molecule has 0 fully saturated rings. The molecule has 0 bridgehead atoms. The predicted molar refractivity (Wildman–Crippen MR) is 67.9 cm³/mol. The molecule has 4 nitrogen and oxygen atoms in total. The van der Waals surface area contributed by atoms with Gasteiger partial charge in [-0.1, -0.05) is 12.1 Å². The largest absolute Gasteiger partial charge is 0.399 e. The summed E-state index contributed by atoms with van der Waals surface area (Å²) in [4.78, 5) is 4.44. The fourth-order valence-corrected chi connectivity index (χ4v) is 1.76. The fraction of sp³-hybridized carbons (Fsp3) is 0.364. The number of rotatable bonds is 1. The molecule has 2 rings (SSSR count). The minimum absolute atomic E-state index is 0. The SMILES string of the molecule is CC1(c2cccc(N)c2)COCC(N)=N1.Cl. The number of halogens is 1. The Morgan fingerprint density at radius 3 is 2.75 bits per heavy atom. The first-order valence-corrected chi connectivity index (χ1v) is 4.88. The standard InChI is InChI=1S/C11H15N3O.ClH/c1-11(7-15-6-10(13)14-11)8-3-2-4-9(12)5-8;/h2-5H,6-7,12H2,1H3,(H2,13,14);1H. The average Bonchev–Trinajstić information content (AvgIpc) is 2.17. The summed E-state index contributed by atoms with van der Waals surface area (Å²) in [6.45, 7) is 2.95. The van der Waals surface area contributed by atoms with Gasteiger partial charge < -0.3 is 16.2 Å². The van der Waals surface area contributed by atoms with Crippen LogP contribution < -0.4 is 11.5 Å². The Hall–Kier alpha value is -1.26. The van der Waals surface area contributed by atoms with Gasteiger partial charge >= 0.3 is 0 Å². The molecule has 5 heteroatoms. The van der Waals surface area contributed by atoms with Crippen LogP contribution in [0.15, 0.2) is 29.3 Å². The molecule has 1 atom stereocenters. The molecular weight excluding hydrogens is 226 g/mol. The van der Waals surface area contributed by atoms with Crippen molar-refractivity contribution in [1.29, 1.82) is 0 Å². The Balaban J connectivity index is 0.00000128. The van der Waals surface area contributed by atoms with Crippen LogP contribution in [0.3, 0.4) is 0 Å². The minimum Gasteiger partial charge on any atom is -0.399 e. The zero-order chi connectivity index (χ0) is 10.9. The van der Waals surface area contributed by atoms with Gasteiger partial charge in [-0.05, 0) is 24.6 Å². The molecule has 1 unspecified atom stereocenters. The molecule has 1 aromatic rings. The maximum atomic E-state index is 5.74. The van der Waals surface area contributed by atoms with Crippen LogP contribution in [0.5, 0.6) is 0 Å². The van der Waals surface area contributed by atoms with E-state index in [1.54, 1.807) is 0 Å². The quantitative estimate of drug-likeness (QED) is 0.728. The van der Waals surface area contributed by atoms with E-state index >= 15 is 0 Å². The van der Waals surface area contributed by atoms with Crippen molar-refractivity contribution in [3.8, 4) is 0 Å². The average molecular weight is 242 g/mol. The van der Waals surface area contributed by atoms with E-state index in [-0.39, 0.29) is 12.4 Å². The van der Waals surface area contributed by atoms with Crippen molar-refractivity contribution in [2.24, 2.45) is 10.7 Å². The van der Waals surface area contributed by atoms with Crippen LogP contribution in [-0.4, -0.2) is 19.0 Å². The van der Waals surface area contributed by atoms with Crippen LogP contribution in [0.2, 0.25) is 0 Å². The van der Waals surface area contributed by atoms with E-state index in [4.69, 9.17) is 16.2 Å². The van der Waals surface area contributed by atoms with Crippen molar-refractivity contribution in [3.63, 3.8) is 0 Å². The first kappa shape index (κ1) is 12.8. The van der Waals surface area contributed by atoms with Gasteiger partial charge in [-0.3, -0.25) is 4.99 Å². The van der Waals surface area contributed by atoms with Crippen LogP contribution in [0.4, 0.5) is 5.69 Å². The molecule has 0 amide bonds. The number of aliphatic imine (C=N–C) groups is 1. The van der Waals surface area contributed by atoms with E-state index in [9.17, 15) is 0 Å². The van der Waals surface area contributed by atoms with E-state index < -0.39 is 5.54 Å². The minimum atomic E-state index is -0.405. The molecule has 0 saturated heterocycles. The predicted octanol–water partition coefficient (Wildman–Crippen LogP) is 1.29. The Labute approximate surface area is 101 Å². The third-order valence-corrected chi connectivity index (χ3v) is 2.53. The second kappa shape index (κ2) is 4.72. The second-order valence-corrected chi connectivity index (χ2v) is 4.00. The summed E-state index contributed by atoms with van der Waals surface area (Å²) in [7, 11) is 0. The number of anilines is 1. The molecule has 16 heavy (non-hydrogen) atoms. The summed E-state index contributed by atoms with van der Waals surface area (Å²) < 4.78 is 5.40. The number of nitrogen functional groups attached to an aromatic ring is 1. The Kier molecular flexibility index (Phi) is 3.78. The van der Waals surface area contributed by atoms with E-state index in [2.05, 4.69) is 4.99 Å². The summed E-state index contributed by atoms with van der Waals surface area (Å²) in [5, 5.41) is 0. The number of nitrogens with zero attached hydrogens (tertiary/aromatic N) is 1. The van der Waals surface area contributed by atoms with Gasteiger partial charge in [0.15, 0.2) is 0 Å². The number of nitrogens with two attached hydrogens (primary N) is 2. The van der Waals surface area contributed by atoms with Crippen molar-refractivity contribution < 1.29 is 4.74 Å². The number of hydrogen-bond acceptors (Lipinski definition) is 4. The van der Waals surface area contributed by atoms with Crippen LogP contribution >= 0.6 is 12.4 Å². The summed E-state index contributed by atoms with van der Waals surface area (Å²) in [5.41, 5.74) is 12.8. The highest BCUT2D eigenvalue weighted by Crippen LogP contribution is 2.29. The summed E-state index contributed by atoms with van der Waals surface area (Å²) >= 11 is 0. The van der Waals surface area contributed by atoms with Crippen molar-refractivity contribution >= 4 is 23.9 Å². The van der Waals surface area contributed by atoms with E-state index in [0.717, 1.165) is 11.3 Å². The molecule has 0 spiro atoms. The van der Waals surface area contributed by atoms with Crippen molar-refractivity contribution in [2.45, 2.75) is 12.5 Å². The van der Waals surface area contributed by atoms with Gasteiger partial charge in [0.1, 0.15) is 18.0 Å². The lowest BCUT2D eigenvalue weighted by atomic mass is 9.92. The van der Waals surface area contributed by atoms with Crippen LogP contribution in [-0.2, 0) is 10.3 Å². The third kappa shape index (κ3) is 2.46. The van der Waals surface area contributed by atoms with Gasteiger partial charge in [-0.25, -0.2) is 0 Å². The highest BCUT2D eigenvalue weighted by Gasteiger charge is 2.29. The maximum absolute atomic E-state index is 5.74. The zero-order valence-corrected chi connectivity index (χ0v) is 9.96. The first-order valence-electron chi connectivity index (χ1n) is 4.88. The molecule has 4 N–H and O–H groups in total. The van der Waals surface area contributed by atoms with Crippen molar-refractivity contribution in [1.82, 2.24) is 0 Å². The molecule has 1 aliphatic rings. The Morgan fingerprint density at radius 2 is 2.12 bits per heavy atom. The van der Waals surface area contributed by atoms with Crippen molar-refractivity contribution in [3.05, 3.63) is 29.8 Å². The molecule has 1 aromatic carbocycles. The smallest absolute Gasteiger partial charge is 0.121 e. The molecule has 1 aliphatic heterocycles. The molecular formula is C11H16ClN3O. The molecule has 0 saturated carbocycles.